The third-order valence-electron chi connectivity index (χ3n) is 3.18. The molecule has 0 aliphatic carbocycles. The van der Waals surface area contributed by atoms with Gasteiger partial charge in [0.2, 0.25) is 0 Å². The third-order valence-corrected chi connectivity index (χ3v) is 3.18. The number of hydrogen-bond donors (Lipinski definition) is 0. The first-order valence-corrected chi connectivity index (χ1v) is 8.52. The van der Waals surface area contributed by atoms with Crippen LogP contribution in [0.5, 0.6) is 0 Å². The fourth-order valence-electron chi connectivity index (χ4n) is 2.24. The van der Waals surface area contributed by atoms with Crippen molar-refractivity contribution in [1.29, 1.82) is 0 Å². The van der Waals surface area contributed by atoms with Crippen LogP contribution in [0.1, 0.15) is 40.2 Å². The van der Waals surface area contributed by atoms with Crippen LogP contribution in [0.4, 0.5) is 0 Å². The van der Waals surface area contributed by atoms with E-state index in [9.17, 15) is 0 Å². The summed E-state index contributed by atoms with van der Waals surface area (Å²) in [5.41, 5.74) is 3.61. The van der Waals surface area contributed by atoms with Crippen LogP contribution in [0.25, 0.3) is 16.5 Å². The maximum atomic E-state index is 3.92. The molecule has 0 saturated carbocycles. The predicted octanol–water partition coefficient (Wildman–Crippen LogP) is 7.03. The van der Waals surface area contributed by atoms with Crippen LogP contribution in [0.2, 0.25) is 0 Å². The minimum atomic E-state index is 0.966. The molecule has 0 bridgehead atoms. The summed E-state index contributed by atoms with van der Waals surface area (Å²) in [4.78, 5) is 0. The van der Waals surface area contributed by atoms with E-state index in [0.717, 1.165) is 12.1 Å². The summed E-state index contributed by atoms with van der Waals surface area (Å²) >= 11 is 0. The van der Waals surface area contributed by atoms with Crippen LogP contribution < -0.4 is 0 Å². The molecule has 2 aromatic rings. The Kier molecular flexibility index (Phi) is 11.1. The SMILES string of the molecule is C=C/C=C\C=C(/C=C)c1cn(CC)c2ccccc12.CC.CC. The van der Waals surface area contributed by atoms with Crippen LogP contribution in [-0.4, -0.2) is 4.57 Å². The Morgan fingerprint density at radius 1 is 1.04 bits per heavy atom. The molecule has 0 radical (unpaired) electrons. The van der Waals surface area contributed by atoms with Crippen molar-refractivity contribution in [3.05, 3.63) is 79.6 Å². The number of nitrogens with zero attached hydrogens (tertiary/aromatic N) is 1. The standard InChI is InChI=1S/C18H19N.2C2H6/c1-4-7-8-11-15(5-2)17-14-19(6-3)18-13-10-9-12-16(17)18;2*1-2/h4-5,7-14H,1-2,6H2,3H3;2*1-2H3/b8-7-,15-11+;;. The maximum absolute atomic E-state index is 3.92. The number of aromatic nitrogens is 1. The molecule has 124 valence electrons. The molecule has 0 N–H and O–H groups in total. The number of allylic oxidation sites excluding steroid dienone is 6. The number of hydrogen-bond acceptors (Lipinski definition) is 0. The van der Waals surface area contributed by atoms with Gasteiger partial charge in [0.25, 0.3) is 0 Å². The smallest absolute Gasteiger partial charge is 0.0486 e. The summed E-state index contributed by atoms with van der Waals surface area (Å²) in [5, 5.41) is 1.27. The molecule has 0 fully saturated rings. The summed E-state index contributed by atoms with van der Waals surface area (Å²) in [5.74, 6) is 0. The Morgan fingerprint density at radius 3 is 2.26 bits per heavy atom. The van der Waals surface area contributed by atoms with Gasteiger partial charge in [-0.05, 0) is 18.6 Å². The van der Waals surface area contributed by atoms with Crippen molar-refractivity contribution in [3.63, 3.8) is 0 Å². The second kappa shape index (κ2) is 12.3. The van der Waals surface area contributed by atoms with E-state index in [1.807, 2.05) is 45.9 Å². The first kappa shape index (κ1) is 20.7. The van der Waals surface area contributed by atoms with Crippen LogP contribution in [0, 0.1) is 0 Å². The summed E-state index contributed by atoms with van der Waals surface area (Å²) in [6.07, 6.45) is 11.8. The van der Waals surface area contributed by atoms with Gasteiger partial charge in [-0.15, -0.1) is 0 Å². The van der Waals surface area contributed by atoms with Gasteiger partial charge < -0.3 is 4.57 Å². The molecule has 1 nitrogen and oxygen atoms in total. The quantitative estimate of drug-likeness (QED) is 0.523. The first-order valence-electron chi connectivity index (χ1n) is 8.52. The first-order chi connectivity index (χ1) is 11.3. The Labute approximate surface area is 142 Å². The Bertz CT molecular complexity index is 654. The number of benzene rings is 1. The summed E-state index contributed by atoms with van der Waals surface area (Å²) in [6, 6.07) is 8.47. The lowest BCUT2D eigenvalue weighted by atomic mass is 10.0. The van der Waals surface area contributed by atoms with Crippen LogP contribution >= 0.6 is 0 Å². The van der Waals surface area contributed by atoms with Gasteiger partial charge in [-0.25, -0.2) is 0 Å². The minimum absolute atomic E-state index is 0.966. The van der Waals surface area contributed by atoms with E-state index >= 15 is 0 Å². The highest BCUT2D eigenvalue weighted by molar-refractivity contribution is 5.95. The Balaban J connectivity index is 0.00000112. The summed E-state index contributed by atoms with van der Waals surface area (Å²) in [7, 11) is 0. The van der Waals surface area contributed by atoms with E-state index in [-0.39, 0.29) is 0 Å². The molecule has 1 heterocycles. The van der Waals surface area contributed by atoms with Gasteiger partial charge in [0.15, 0.2) is 0 Å². The topological polar surface area (TPSA) is 4.93 Å². The molecule has 0 aliphatic heterocycles. The molecule has 23 heavy (non-hydrogen) atoms. The fourth-order valence-corrected chi connectivity index (χ4v) is 2.24. The molecule has 1 aromatic heterocycles. The predicted molar refractivity (Wildman–Crippen MR) is 108 cm³/mol. The van der Waals surface area contributed by atoms with Gasteiger partial charge >= 0.3 is 0 Å². The van der Waals surface area contributed by atoms with Crippen molar-refractivity contribution in [2.45, 2.75) is 41.2 Å². The minimum Gasteiger partial charge on any atom is -0.347 e. The Morgan fingerprint density at radius 2 is 1.70 bits per heavy atom. The second-order valence-corrected chi connectivity index (χ2v) is 4.29. The zero-order valence-corrected chi connectivity index (χ0v) is 15.3. The Hall–Kier alpha value is -2.28. The van der Waals surface area contributed by atoms with Crippen LogP contribution in [-0.2, 0) is 6.54 Å². The molecule has 1 aromatic carbocycles. The molecule has 2 rings (SSSR count). The van der Waals surface area contributed by atoms with Crippen molar-refractivity contribution >= 4 is 16.5 Å². The van der Waals surface area contributed by atoms with Gasteiger partial charge in [0.05, 0.1) is 0 Å². The highest BCUT2D eigenvalue weighted by Gasteiger charge is 2.08. The van der Waals surface area contributed by atoms with Gasteiger partial charge in [-0.3, -0.25) is 0 Å². The van der Waals surface area contributed by atoms with E-state index in [1.54, 1.807) is 6.08 Å². The lowest BCUT2D eigenvalue weighted by Gasteiger charge is -1.98. The lowest BCUT2D eigenvalue weighted by molar-refractivity contribution is 0.797. The maximum Gasteiger partial charge on any atom is 0.0486 e. The van der Waals surface area contributed by atoms with E-state index in [1.165, 1.54) is 16.5 Å². The zero-order chi connectivity index (χ0) is 17.7. The van der Waals surface area contributed by atoms with Crippen molar-refractivity contribution in [1.82, 2.24) is 4.57 Å². The fraction of sp³-hybridized carbons (Fsp3) is 0.273. The van der Waals surface area contributed by atoms with Crippen molar-refractivity contribution in [2.24, 2.45) is 0 Å². The number of fused-ring (bicyclic) bond motifs is 1. The second-order valence-electron chi connectivity index (χ2n) is 4.29. The highest BCUT2D eigenvalue weighted by Crippen LogP contribution is 2.28. The average Bonchev–Trinajstić information content (AvgIpc) is 3.01. The van der Waals surface area contributed by atoms with Crippen LogP contribution in [0.15, 0.2) is 74.0 Å². The number of rotatable bonds is 5. The summed E-state index contributed by atoms with van der Waals surface area (Å²) < 4.78 is 2.26. The average molecular weight is 309 g/mol. The van der Waals surface area contributed by atoms with Gasteiger partial charge in [0.1, 0.15) is 0 Å². The molecule has 0 aliphatic rings. The largest absolute Gasteiger partial charge is 0.347 e. The normalized spacial score (nSPS) is 10.6. The van der Waals surface area contributed by atoms with Gasteiger partial charge in [-0.1, -0.05) is 89.4 Å². The van der Waals surface area contributed by atoms with Gasteiger partial charge in [-0.2, -0.15) is 0 Å². The third kappa shape index (κ3) is 5.45. The van der Waals surface area contributed by atoms with E-state index in [2.05, 4.69) is 61.2 Å². The molecule has 0 saturated heterocycles. The molecule has 0 unspecified atom stereocenters. The molecule has 0 amide bonds. The molecule has 0 spiro atoms. The highest BCUT2D eigenvalue weighted by atomic mass is 14.9. The van der Waals surface area contributed by atoms with Gasteiger partial charge in [0, 0.05) is 29.2 Å². The number of aryl methyl sites for hydroxylation is 1. The van der Waals surface area contributed by atoms with Crippen LogP contribution in [0.3, 0.4) is 0 Å². The molecule has 1 heteroatoms. The lowest BCUT2D eigenvalue weighted by Crippen LogP contribution is -1.89. The molecule has 0 atom stereocenters. The van der Waals surface area contributed by atoms with Crippen molar-refractivity contribution in [2.75, 3.05) is 0 Å². The van der Waals surface area contributed by atoms with E-state index < -0.39 is 0 Å². The summed E-state index contributed by atoms with van der Waals surface area (Å²) in [6.45, 7) is 18.7. The zero-order valence-electron chi connectivity index (χ0n) is 15.3. The number of para-hydroxylation sites is 1. The monoisotopic (exact) mass is 309 g/mol. The van der Waals surface area contributed by atoms with E-state index in [0.29, 0.717) is 0 Å². The van der Waals surface area contributed by atoms with E-state index in [4.69, 9.17) is 0 Å². The van der Waals surface area contributed by atoms with Crippen molar-refractivity contribution in [3.8, 4) is 0 Å². The molecular formula is C22H31N. The molecular weight excluding hydrogens is 278 g/mol. The van der Waals surface area contributed by atoms with Crippen molar-refractivity contribution < 1.29 is 0 Å².